The van der Waals surface area contributed by atoms with Crippen LogP contribution in [-0.4, -0.2) is 20.0 Å². The normalized spacial score (nSPS) is 18.8. The van der Waals surface area contributed by atoms with Gasteiger partial charge in [0.15, 0.2) is 0 Å². The molecule has 1 aromatic heterocycles. The lowest BCUT2D eigenvalue weighted by molar-refractivity contribution is 0.271. The number of aromatic nitrogens is 2. The first-order valence-electron chi connectivity index (χ1n) is 11.8. The summed E-state index contributed by atoms with van der Waals surface area (Å²) in [5, 5.41) is 11.8. The summed E-state index contributed by atoms with van der Waals surface area (Å²) in [5.41, 5.74) is 0.803. The third-order valence-electron chi connectivity index (χ3n) is 6.95. The number of nitrogens with zero attached hydrogens (tertiary/aromatic N) is 3. The van der Waals surface area contributed by atoms with Gasteiger partial charge in [-0.25, -0.2) is 4.79 Å². The number of aromatic hydroxyl groups is 1. The first kappa shape index (κ1) is 22.8. The van der Waals surface area contributed by atoms with Crippen molar-refractivity contribution in [3.63, 3.8) is 0 Å². The maximum Gasteiger partial charge on any atom is 0.334 e. The van der Waals surface area contributed by atoms with E-state index in [4.69, 9.17) is 11.6 Å². The van der Waals surface area contributed by atoms with Crippen molar-refractivity contribution in [3.8, 4) is 5.88 Å². The van der Waals surface area contributed by atoms with Crippen LogP contribution < -0.4 is 11.2 Å². The van der Waals surface area contributed by atoms with Crippen LogP contribution in [0.15, 0.2) is 38.8 Å². The van der Waals surface area contributed by atoms with E-state index in [1.807, 2.05) is 12.1 Å². The van der Waals surface area contributed by atoms with Gasteiger partial charge in [-0.05, 0) is 50.3 Å². The number of rotatable bonds is 5. The van der Waals surface area contributed by atoms with Crippen molar-refractivity contribution < 1.29 is 5.11 Å². The monoisotopic (exact) mass is 457 g/mol. The van der Waals surface area contributed by atoms with E-state index in [1.165, 1.54) is 9.13 Å². The van der Waals surface area contributed by atoms with Gasteiger partial charge < -0.3 is 5.11 Å². The van der Waals surface area contributed by atoms with Crippen LogP contribution in [0.3, 0.4) is 0 Å². The lowest BCUT2D eigenvalue weighted by Crippen LogP contribution is -2.46. The van der Waals surface area contributed by atoms with E-state index in [0.29, 0.717) is 17.3 Å². The first-order chi connectivity index (χ1) is 15.5. The number of hydrogen-bond donors (Lipinski definition) is 1. The predicted octanol–water partition coefficient (Wildman–Crippen LogP) is 5.39. The van der Waals surface area contributed by atoms with Crippen LogP contribution >= 0.6 is 11.6 Å². The highest BCUT2D eigenvalue weighted by Crippen LogP contribution is 2.32. The topological polar surface area (TPSA) is 76.6 Å². The van der Waals surface area contributed by atoms with Crippen LogP contribution in [0.4, 0.5) is 0 Å². The van der Waals surface area contributed by atoms with Crippen molar-refractivity contribution in [2.24, 2.45) is 4.99 Å². The Labute approximate surface area is 193 Å². The third kappa shape index (κ3) is 4.70. The minimum absolute atomic E-state index is 0.0745. The van der Waals surface area contributed by atoms with Gasteiger partial charge in [0.1, 0.15) is 5.56 Å². The van der Waals surface area contributed by atoms with E-state index in [0.717, 1.165) is 69.8 Å². The zero-order valence-electron chi connectivity index (χ0n) is 18.7. The molecular weight excluding hydrogens is 426 g/mol. The van der Waals surface area contributed by atoms with Crippen LogP contribution in [0.5, 0.6) is 5.88 Å². The third-order valence-corrected chi connectivity index (χ3v) is 7.20. The molecule has 0 amide bonds. The number of benzene rings is 1. The molecule has 2 aliphatic rings. The lowest BCUT2D eigenvalue weighted by atomic mass is 9.94. The van der Waals surface area contributed by atoms with Crippen molar-refractivity contribution in [2.75, 3.05) is 0 Å². The minimum Gasteiger partial charge on any atom is -0.494 e. The van der Waals surface area contributed by atoms with Gasteiger partial charge in [-0.1, -0.05) is 62.3 Å². The Hall–Kier alpha value is -2.34. The largest absolute Gasteiger partial charge is 0.494 e. The van der Waals surface area contributed by atoms with Crippen LogP contribution in [0, 0.1) is 0 Å². The quantitative estimate of drug-likeness (QED) is 0.611. The Kier molecular flexibility index (Phi) is 7.19. The van der Waals surface area contributed by atoms with Gasteiger partial charge in [0.2, 0.25) is 5.88 Å². The van der Waals surface area contributed by atoms with Gasteiger partial charge in [0.05, 0.1) is 12.3 Å². The molecule has 1 aromatic carbocycles. The molecule has 2 saturated carbocycles. The van der Waals surface area contributed by atoms with E-state index in [1.54, 1.807) is 19.1 Å². The van der Waals surface area contributed by atoms with E-state index < -0.39 is 5.56 Å². The van der Waals surface area contributed by atoms with Gasteiger partial charge in [-0.2, -0.15) is 0 Å². The molecule has 1 heterocycles. The molecule has 2 aromatic rings. The molecule has 0 atom stereocenters. The van der Waals surface area contributed by atoms with Gasteiger partial charge in [0, 0.05) is 17.1 Å². The molecule has 2 fully saturated rings. The molecule has 0 unspecified atom stereocenters. The average Bonchev–Trinajstić information content (AvgIpc) is 2.80. The van der Waals surface area contributed by atoms with Crippen LogP contribution in [0.1, 0.15) is 94.3 Å². The Bertz CT molecular complexity index is 1090. The molecule has 32 heavy (non-hydrogen) atoms. The summed E-state index contributed by atoms with van der Waals surface area (Å²) in [6.07, 6.45) is 9.69. The molecule has 0 aliphatic heterocycles. The molecule has 0 saturated heterocycles. The van der Waals surface area contributed by atoms with Crippen molar-refractivity contribution >= 4 is 17.3 Å². The van der Waals surface area contributed by atoms with Gasteiger partial charge in [-0.15, -0.1) is 0 Å². The zero-order chi connectivity index (χ0) is 22.7. The molecule has 0 bridgehead atoms. The summed E-state index contributed by atoms with van der Waals surface area (Å²) in [7, 11) is 0. The first-order valence-corrected chi connectivity index (χ1v) is 12.2. The summed E-state index contributed by atoms with van der Waals surface area (Å²) in [5.74, 6) is -0.226. The summed E-state index contributed by atoms with van der Waals surface area (Å²) < 4.78 is 2.91. The summed E-state index contributed by atoms with van der Waals surface area (Å²) >= 11 is 5.96. The fourth-order valence-corrected chi connectivity index (χ4v) is 5.28. The summed E-state index contributed by atoms with van der Waals surface area (Å²) in [4.78, 5) is 31.6. The molecule has 6 nitrogen and oxygen atoms in total. The molecule has 0 spiro atoms. The average molecular weight is 458 g/mol. The highest BCUT2D eigenvalue weighted by Gasteiger charge is 2.29. The number of hydrogen-bond acceptors (Lipinski definition) is 4. The van der Waals surface area contributed by atoms with Gasteiger partial charge in [0.25, 0.3) is 5.56 Å². The second kappa shape index (κ2) is 10.1. The van der Waals surface area contributed by atoms with E-state index >= 15 is 0 Å². The lowest BCUT2D eigenvalue weighted by Gasteiger charge is -2.29. The maximum absolute atomic E-state index is 13.5. The SMILES string of the molecule is CC(=NCc1ccc(Cl)cc1)c1c(O)n(C2CCCCC2)c(=O)n(C2CCCCC2)c1=O. The van der Waals surface area contributed by atoms with Gasteiger partial charge >= 0.3 is 5.69 Å². The highest BCUT2D eigenvalue weighted by atomic mass is 35.5. The fourth-order valence-electron chi connectivity index (χ4n) is 5.15. The van der Waals surface area contributed by atoms with Crippen LogP contribution in [0.25, 0.3) is 0 Å². The van der Waals surface area contributed by atoms with Crippen LogP contribution in [-0.2, 0) is 6.54 Å². The van der Waals surface area contributed by atoms with Crippen molar-refractivity contribution in [1.29, 1.82) is 0 Å². The van der Waals surface area contributed by atoms with Crippen LogP contribution in [0.2, 0.25) is 5.02 Å². The Morgan fingerprint density at radius 3 is 2.03 bits per heavy atom. The molecule has 7 heteroatoms. The molecule has 2 aliphatic carbocycles. The molecule has 4 rings (SSSR count). The summed E-state index contributed by atoms with van der Waals surface area (Å²) in [6.45, 7) is 2.11. The smallest absolute Gasteiger partial charge is 0.334 e. The Morgan fingerprint density at radius 1 is 0.938 bits per heavy atom. The second-order valence-corrected chi connectivity index (χ2v) is 9.57. The second-order valence-electron chi connectivity index (χ2n) is 9.14. The van der Waals surface area contributed by atoms with E-state index in [2.05, 4.69) is 4.99 Å². The highest BCUT2D eigenvalue weighted by molar-refractivity contribution is 6.30. The van der Waals surface area contributed by atoms with E-state index in [-0.39, 0.29) is 29.2 Å². The fraction of sp³-hybridized carbons (Fsp3) is 0.560. The Morgan fingerprint density at radius 2 is 1.47 bits per heavy atom. The maximum atomic E-state index is 13.5. The van der Waals surface area contributed by atoms with Crippen molar-refractivity contribution in [2.45, 2.75) is 89.8 Å². The molecule has 172 valence electrons. The predicted molar refractivity (Wildman–Crippen MR) is 128 cm³/mol. The summed E-state index contributed by atoms with van der Waals surface area (Å²) in [6, 6.07) is 7.21. The minimum atomic E-state index is -0.413. The number of aliphatic imine (C=N–C) groups is 1. The Balaban J connectivity index is 1.80. The standard InChI is InChI=1S/C25H32ClN3O3/c1-17(27-16-18-12-14-19(26)15-13-18)22-23(30)28(20-8-4-2-5-9-20)25(32)29(24(22)31)21-10-6-3-7-11-21/h12-15,20-21,30H,2-11,16H2,1H3. The van der Waals surface area contributed by atoms with Gasteiger partial charge in [-0.3, -0.25) is 18.9 Å². The molecule has 0 radical (unpaired) electrons. The van der Waals surface area contributed by atoms with Crippen molar-refractivity contribution in [1.82, 2.24) is 9.13 Å². The molecular formula is C25H32ClN3O3. The zero-order valence-corrected chi connectivity index (χ0v) is 19.5. The number of halogens is 1. The molecule has 1 N–H and O–H groups in total. The van der Waals surface area contributed by atoms with Crippen molar-refractivity contribution in [3.05, 3.63) is 61.3 Å². The van der Waals surface area contributed by atoms with E-state index in [9.17, 15) is 14.7 Å².